The highest BCUT2D eigenvalue weighted by molar-refractivity contribution is 7.92. The Kier molecular flexibility index (Phi) is 7.66. The quantitative estimate of drug-likeness (QED) is 0.404. The molecule has 4 rings (SSSR count). The lowest BCUT2D eigenvalue weighted by atomic mass is 9.93. The smallest absolute Gasteiger partial charge is 0.347 e. The summed E-state index contributed by atoms with van der Waals surface area (Å²) in [6.07, 6.45) is 1.39. The van der Waals surface area contributed by atoms with Gasteiger partial charge in [-0.2, -0.15) is 13.2 Å². The Morgan fingerprint density at radius 3 is 2.36 bits per heavy atom. The summed E-state index contributed by atoms with van der Waals surface area (Å²) < 4.78 is 61.6. The van der Waals surface area contributed by atoms with Gasteiger partial charge >= 0.3 is 11.5 Å². The fourth-order valence-corrected chi connectivity index (χ4v) is 4.80. The van der Waals surface area contributed by atoms with Crippen molar-refractivity contribution in [2.75, 3.05) is 4.90 Å². The van der Waals surface area contributed by atoms with Crippen LogP contribution in [0.15, 0.2) is 71.8 Å². The number of urea groups is 1. The largest absolute Gasteiger partial charge is 0.501 e. The Morgan fingerprint density at radius 1 is 1.10 bits per heavy atom. The summed E-state index contributed by atoms with van der Waals surface area (Å²) in [6, 6.07) is 11.3. The number of imide groups is 1. The number of sulfone groups is 1. The Balaban J connectivity index is 1.48. The van der Waals surface area contributed by atoms with Crippen LogP contribution in [0.25, 0.3) is 0 Å². The average molecular weight is 581 g/mol. The minimum Gasteiger partial charge on any atom is -0.347 e. The van der Waals surface area contributed by atoms with E-state index in [2.05, 4.69) is 15.6 Å². The summed E-state index contributed by atoms with van der Waals surface area (Å²) in [4.78, 5) is 42.1. The summed E-state index contributed by atoms with van der Waals surface area (Å²) in [7, 11) is -5.58. The number of carbonyl (C=O) groups excluding carboxylic acids is 3. The second-order valence-corrected chi connectivity index (χ2v) is 11.0. The van der Waals surface area contributed by atoms with Crippen LogP contribution in [-0.4, -0.2) is 42.8 Å². The number of rotatable bonds is 7. The first-order valence-corrected chi connectivity index (χ1v) is 13.2. The van der Waals surface area contributed by atoms with Crippen LogP contribution in [0.2, 0.25) is 5.02 Å². The number of halogens is 4. The van der Waals surface area contributed by atoms with Gasteiger partial charge in [-0.15, -0.1) is 0 Å². The molecule has 2 N–H and O–H groups in total. The number of hydrogen-bond acceptors (Lipinski definition) is 6. The van der Waals surface area contributed by atoms with E-state index in [1.807, 2.05) is 0 Å². The molecule has 0 bridgehead atoms. The zero-order valence-electron chi connectivity index (χ0n) is 20.1. The van der Waals surface area contributed by atoms with E-state index in [1.165, 1.54) is 12.3 Å². The number of pyridine rings is 1. The van der Waals surface area contributed by atoms with Crippen LogP contribution in [0.1, 0.15) is 34.5 Å². The molecule has 1 saturated heterocycles. The highest BCUT2D eigenvalue weighted by Crippen LogP contribution is 2.32. The van der Waals surface area contributed by atoms with Crippen LogP contribution in [-0.2, 0) is 21.2 Å². The molecule has 2 atom stereocenters. The topological polar surface area (TPSA) is 126 Å². The van der Waals surface area contributed by atoms with Crippen LogP contribution < -0.4 is 15.5 Å². The van der Waals surface area contributed by atoms with Crippen LogP contribution in [0.4, 0.5) is 23.7 Å². The van der Waals surface area contributed by atoms with Crippen molar-refractivity contribution >= 4 is 45.0 Å². The van der Waals surface area contributed by atoms with E-state index in [0.29, 0.717) is 27.6 Å². The maximum Gasteiger partial charge on any atom is 0.501 e. The first-order chi connectivity index (χ1) is 18.3. The molecule has 1 aliphatic rings. The third-order valence-corrected chi connectivity index (χ3v) is 7.84. The van der Waals surface area contributed by atoms with E-state index >= 15 is 0 Å². The van der Waals surface area contributed by atoms with Gasteiger partial charge in [0.2, 0.25) is 0 Å². The Morgan fingerprint density at radius 2 is 1.74 bits per heavy atom. The molecule has 1 fully saturated rings. The Hall–Kier alpha value is -3.97. The summed E-state index contributed by atoms with van der Waals surface area (Å²) in [5.41, 5.74) is -4.17. The summed E-state index contributed by atoms with van der Waals surface area (Å²) >= 11 is 5.86. The van der Waals surface area contributed by atoms with Gasteiger partial charge in [0.05, 0.1) is 10.6 Å². The summed E-state index contributed by atoms with van der Waals surface area (Å²) in [6.45, 7) is 1.88. The first-order valence-electron chi connectivity index (χ1n) is 11.3. The first kappa shape index (κ1) is 28.0. The molecule has 9 nitrogen and oxygen atoms in total. The van der Waals surface area contributed by atoms with Gasteiger partial charge in [0.1, 0.15) is 11.7 Å². The number of hydrogen-bond donors (Lipinski definition) is 2. The summed E-state index contributed by atoms with van der Waals surface area (Å²) in [5.74, 6) is -1.79. The molecule has 204 valence electrons. The van der Waals surface area contributed by atoms with E-state index in [4.69, 9.17) is 11.6 Å². The molecule has 4 amide bonds. The molecular formula is C25H20ClF3N4O5S. The number of nitrogens with one attached hydrogen (secondary N) is 2. The van der Waals surface area contributed by atoms with Crippen LogP contribution in [0.5, 0.6) is 0 Å². The van der Waals surface area contributed by atoms with Crippen molar-refractivity contribution in [1.29, 1.82) is 0 Å². The number of amides is 4. The zero-order chi connectivity index (χ0) is 28.5. The van der Waals surface area contributed by atoms with Crippen LogP contribution >= 0.6 is 11.6 Å². The minimum absolute atomic E-state index is 0.0865. The number of benzene rings is 2. The lowest BCUT2D eigenvalue weighted by Crippen LogP contribution is -2.35. The van der Waals surface area contributed by atoms with Crippen molar-refractivity contribution in [2.45, 2.75) is 35.8 Å². The molecule has 2 aromatic carbocycles. The highest BCUT2D eigenvalue weighted by Gasteiger charge is 2.47. The third kappa shape index (κ3) is 5.73. The Bertz CT molecular complexity index is 1530. The van der Waals surface area contributed by atoms with E-state index in [-0.39, 0.29) is 17.9 Å². The van der Waals surface area contributed by atoms with Gasteiger partial charge in [-0.25, -0.2) is 18.1 Å². The van der Waals surface area contributed by atoms with Crippen molar-refractivity contribution in [3.05, 3.63) is 88.7 Å². The van der Waals surface area contributed by atoms with Crippen molar-refractivity contribution in [3.8, 4) is 0 Å². The molecule has 2 unspecified atom stereocenters. The number of nitrogens with zero attached hydrogens (tertiary/aromatic N) is 2. The van der Waals surface area contributed by atoms with Crippen LogP contribution in [0, 0.1) is 0 Å². The van der Waals surface area contributed by atoms with Crippen molar-refractivity contribution in [2.24, 2.45) is 0 Å². The van der Waals surface area contributed by atoms with Crippen molar-refractivity contribution < 1.29 is 36.0 Å². The minimum atomic E-state index is -5.58. The molecule has 1 aliphatic heterocycles. The SMILES string of the molecule is CC(c1ccnc(C(=O)NCc2ccc(Cl)cc2)c1)C1NC(=O)N(c2ccc(S(=O)(=O)C(F)(F)F)cc2)C1=O. The number of anilines is 1. The van der Waals surface area contributed by atoms with Gasteiger partial charge < -0.3 is 10.6 Å². The van der Waals surface area contributed by atoms with E-state index in [1.54, 1.807) is 37.3 Å². The van der Waals surface area contributed by atoms with E-state index < -0.39 is 50.0 Å². The summed E-state index contributed by atoms with van der Waals surface area (Å²) in [5, 5.41) is 5.83. The molecule has 0 radical (unpaired) electrons. The zero-order valence-corrected chi connectivity index (χ0v) is 21.6. The molecule has 3 aromatic rings. The highest BCUT2D eigenvalue weighted by atomic mass is 35.5. The maximum absolute atomic E-state index is 13.1. The Labute approximate surface area is 225 Å². The van der Waals surface area contributed by atoms with E-state index in [9.17, 15) is 36.0 Å². The lowest BCUT2D eigenvalue weighted by Gasteiger charge is -2.19. The molecule has 0 aliphatic carbocycles. The van der Waals surface area contributed by atoms with Gasteiger partial charge in [0.15, 0.2) is 0 Å². The monoisotopic (exact) mass is 580 g/mol. The average Bonchev–Trinajstić information content (AvgIpc) is 3.20. The van der Waals surface area contributed by atoms with Crippen LogP contribution in [0.3, 0.4) is 0 Å². The molecule has 0 saturated carbocycles. The van der Waals surface area contributed by atoms with E-state index in [0.717, 1.165) is 17.7 Å². The van der Waals surface area contributed by atoms with Gasteiger partial charge in [-0.1, -0.05) is 30.7 Å². The second-order valence-electron chi connectivity index (χ2n) is 8.62. The molecule has 1 aromatic heterocycles. The third-order valence-electron chi connectivity index (χ3n) is 6.09. The predicted octanol–water partition coefficient (Wildman–Crippen LogP) is 4.19. The predicted molar refractivity (Wildman–Crippen MR) is 135 cm³/mol. The molecule has 14 heteroatoms. The standard InChI is InChI=1S/C25H20ClF3N4O5S/c1-14(16-10-11-30-20(12-16)22(34)31-13-15-2-4-17(26)5-3-15)21-23(35)33(24(36)32-21)18-6-8-19(9-7-18)39(37,38)25(27,28)29/h2-12,14,21H,13H2,1H3,(H,31,34)(H,32,36). The van der Waals surface area contributed by atoms with Gasteiger partial charge in [0.25, 0.3) is 21.7 Å². The van der Waals surface area contributed by atoms with Gasteiger partial charge in [-0.3, -0.25) is 14.6 Å². The van der Waals surface area contributed by atoms with Crippen molar-refractivity contribution in [1.82, 2.24) is 15.6 Å². The van der Waals surface area contributed by atoms with Crippen molar-refractivity contribution in [3.63, 3.8) is 0 Å². The molecule has 2 heterocycles. The lowest BCUT2D eigenvalue weighted by molar-refractivity contribution is -0.118. The van der Waals surface area contributed by atoms with Gasteiger partial charge in [-0.05, 0) is 59.7 Å². The number of alkyl halides is 3. The maximum atomic E-state index is 13.1. The second kappa shape index (κ2) is 10.7. The normalized spacial score (nSPS) is 16.6. The fourth-order valence-electron chi connectivity index (χ4n) is 3.91. The molecule has 0 spiro atoms. The molecular weight excluding hydrogens is 561 g/mol. The number of aromatic nitrogens is 1. The fraction of sp³-hybridized carbons (Fsp3) is 0.200. The van der Waals surface area contributed by atoms with Gasteiger partial charge in [0, 0.05) is 23.7 Å². The number of carbonyl (C=O) groups is 3. The molecule has 39 heavy (non-hydrogen) atoms.